The molecule has 2 aliphatic rings. The largest absolute Gasteiger partial charge is 0.399 e. The number of anilines is 2. The topological polar surface area (TPSA) is 29.3 Å². The molecule has 1 aliphatic heterocycles. The van der Waals surface area contributed by atoms with E-state index in [0.29, 0.717) is 5.41 Å². The van der Waals surface area contributed by atoms with Crippen LogP contribution in [0.1, 0.15) is 50.5 Å². The average Bonchev–Trinajstić information content (AvgIpc) is 2.41. The van der Waals surface area contributed by atoms with E-state index < -0.39 is 0 Å². The van der Waals surface area contributed by atoms with Crippen molar-refractivity contribution in [1.82, 2.24) is 0 Å². The minimum absolute atomic E-state index is 0.691. The van der Waals surface area contributed by atoms with Crippen molar-refractivity contribution in [1.29, 1.82) is 0 Å². The lowest BCUT2D eigenvalue weighted by Gasteiger charge is -2.45. The highest BCUT2D eigenvalue weighted by atomic mass is 15.1. The van der Waals surface area contributed by atoms with Crippen LogP contribution in [0.4, 0.5) is 11.4 Å². The monoisotopic (exact) mass is 258 g/mol. The Bertz CT molecular complexity index is 437. The van der Waals surface area contributed by atoms with Gasteiger partial charge in [0.2, 0.25) is 0 Å². The second-order valence-corrected chi connectivity index (χ2v) is 6.59. The predicted molar refractivity (Wildman–Crippen MR) is 82.6 cm³/mol. The van der Waals surface area contributed by atoms with Gasteiger partial charge in [0, 0.05) is 24.5 Å². The van der Waals surface area contributed by atoms with Gasteiger partial charge in [0.15, 0.2) is 0 Å². The summed E-state index contributed by atoms with van der Waals surface area (Å²) >= 11 is 0. The maximum Gasteiger partial charge on any atom is 0.0397 e. The predicted octanol–water partition coefficient (Wildman–Crippen LogP) is 4.13. The van der Waals surface area contributed by atoms with Gasteiger partial charge in [-0.15, -0.1) is 0 Å². The van der Waals surface area contributed by atoms with E-state index in [1.807, 2.05) is 6.07 Å². The second-order valence-electron chi connectivity index (χ2n) is 6.59. The molecule has 1 saturated heterocycles. The fraction of sp³-hybridized carbons (Fsp3) is 0.647. The highest BCUT2D eigenvalue weighted by Gasteiger charge is 2.35. The molecule has 0 amide bonds. The normalized spacial score (nSPS) is 22.7. The molecule has 1 aromatic carbocycles. The van der Waals surface area contributed by atoms with Crippen molar-refractivity contribution in [3.63, 3.8) is 0 Å². The molecule has 0 aromatic heterocycles. The smallest absolute Gasteiger partial charge is 0.0397 e. The molecule has 1 heterocycles. The van der Waals surface area contributed by atoms with Crippen molar-refractivity contribution in [3.05, 3.63) is 23.8 Å². The molecule has 19 heavy (non-hydrogen) atoms. The molecule has 2 heteroatoms. The molecular formula is C17H26N2. The van der Waals surface area contributed by atoms with Crippen molar-refractivity contribution in [2.45, 2.75) is 51.9 Å². The van der Waals surface area contributed by atoms with Crippen molar-refractivity contribution < 1.29 is 0 Å². The van der Waals surface area contributed by atoms with Gasteiger partial charge >= 0.3 is 0 Å². The number of benzene rings is 1. The van der Waals surface area contributed by atoms with Gasteiger partial charge in [-0.25, -0.2) is 0 Å². The van der Waals surface area contributed by atoms with Crippen LogP contribution in [0.3, 0.4) is 0 Å². The molecule has 104 valence electrons. The third kappa shape index (κ3) is 2.58. The van der Waals surface area contributed by atoms with Crippen LogP contribution in [-0.2, 0) is 0 Å². The SMILES string of the molecule is Cc1cc(N)ccc1N1CCC2(CCCCC2)CC1. The number of nitrogens with two attached hydrogens (primary N) is 1. The van der Waals surface area contributed by atoms with Crippen LogP contribution in [-0.4, -0.2) is 13.1 Å². The summed E-state index contributed by atoms with van der Waals surface area (Å²) in [6, 6.07) is 6.33. The molecule has 2 N–H and O–H groups in total. The minimum Gasteiger partial charge on any atom is -0.399 e. The Hall–Kier alpha value is -1.18. The Morgan fingerprint density at radius 1 is 1.00 bits per heavy atom. The second kappa shape index (κ2) is 5.07. The summed E-state index contributed by atoms with van der Waals surface area (Å²) in [7, 11) is 0. The molecule has 3 rings (SSSR count). The lowest BCUT2D eigenvalue weighted by molar-refractivity contribution is 0.144. The van der Waals surface area contributed by atoms with Gasteiger partial charge in [-0.2, -0.15) is 0 Å². The zero-order valence-corrected chi connectivity index (χ0v) is 12.1. The minimum atomic E-state index is 0.691. The molecule has 1 saturated carbocycles. The third-order valence-electron chi connectivity index (χ3n) is 5.30. The highest BCUT2D eigenvalue weighted by Crippen LogP contribution is 2.45. The van der Waals surface area contributed by atoms with E-state index in [4.69, 9.17) is 5.73 Å². The Labute approximate surface area is 117 Å². The lowest BCUT2D eigenvalue weighted by atomic mass is 9.68. The number of nitrogens with zero attached hydrogens (tertiary/aromatic N) is 1. The first kappa shape index (κ1) is 12.8. The van der Waals surface area contributed by atoms with Crippen molar-refractivity contribution >= 4 is 11.4 Å². The van der Waals surface area contributed by atoms with Crippen molar-refractivity contribution in [2.75, 3.05) is 23.7 Å². The molecule has 0 bridgehead atoms. The van der Waals surface area contributed by atoms with E-state index in [-0.39, 0.29) is 0 Å². The van der Waals surface area contributed by atoms with Crippen LogP contribution < -0.4 is 10.6 Å². The van der Waals surface area contributed by atoms with Crippen LogP contribution in [0.5, 0.6) is 0 Å². The number of hydrogen-bond acceptors (Lipinski definition) is 2. The maximum atomic E-state index is 5.85. The number of hydrogen-bond donors (Lipinski definition) is 1. The highest BCUT2D eigenvalue weighted by molar-refractivity contribution is 5.59. The van der Waals surface area contributed by atoms with Gasteiger partial charge < -0.3 is 10.6 Å². The fourth-order valence-corrected chi connectivity index (χ4v) is 4.06. The first-order chi connectivity index (χ1) is 9.19. The van der Waals surface area contributed by atoms with E-state index in [1.165, 1.54) is 69.3 Å². The van der Waals surface area contributed by atoms with Crippen LogP contribution in [0.15, 0.2) is 18.2 Å². The number of nitrogen functional groups attached to an aromatic ring is 1. The summed E-state index contributed by atoms with van der Waals surface area (Å²) in [6.45, 7) is 4.63. The summed E-state index contributed by atoms with van der Waals surface area (Å²) in [5.74, 6) is 0. The van der Waals surface area contributed by atoms with E-state index in [9.17, 15) is 0 Å². The van der Waals surface area contributed by atoms with Crippen LogP contribution in [0, 0.1) is 12.3 Å². The Morgan fingerprint density at radius 3 is 2.32 bits per heavy atom. The van der Waals surface area contributed by atoms with Gasteiger partial charge in [-0.1, -0.05) is 19.3 Å². The quantitative estimate of drug-likeness (QED) is 0.767. The molecule has 1 aliphatic carbocycles. The Balaban J connectivity index is 1.69. The number of piperidine rings is 1. The molecule has 2 nitrogen and oxygen atoms in total. The summed E-state index contributed by atoms with van der Waals surface area (Å²) in [4.78, 5) is 2.56. The number of rotatable bonds is 1. The van der Waals surface area contributed by atoms with Gasteiger partial charge in [0.25, 0.3) is 0 Å². The van der Waals surface area contributed by atoms with Crippen LogP contribution >= 0.6 is 0 Å². The zero-order valence-electron chi connectivity index (χ0n) is 12.1. The summed E-state index contributed by atoms with van der Waals surface area (Å²) < 4.78 is 0. The standard InChI is InChI=1S/C17H26N2/c1-14-13-15(18)5-6-16(14)19-11-9-17(10-12-19)7-3-2-4-8-17/h5-6,13H,2-4,7-12,18H2,1H3. The summed E-state index contributed by atoms with van der Waals surface area (Å²) in [5, 5.41) is 0. The molecule has 0 unspecified atom stereocenters. The molecule has 2 fully saturated rings. The van der Waals surface area contributed by atoms with Gasteiger partial charge in [-0.3, -0.25) is 0 Å². The molecule has 0 atom stereocenters. The van der Waals surface area contributed by atoms with Gasteiger partial charge in [0.1, 0.15) is 0 Å². The van der Waals surface area contributed by atoms with E-state index in [2.05, 4.69) is 24.0 Å². The van der Waals surface area contributed by atoms with Crippen molar-refractivity contribution in [3.8, 4) is 0 Å². The van der Waals surface area contributed by atoms with E-state index >= 15 is 0 Å². The van der Waals surface area contributed by atoms with Gasteiger partial charge in [-0.05, 0) is 61.8 Å². The Morgan fingerprint density at radius 2 is 1.68 bits per heavy atom. The van der Waals surface area contributed by atoms with Crippen molar-refractivity contribution in [2.24, 2.45) is 5.41 Å². The van der Waals surface area contributed by atoms with Crippen LogP contribution in [0.25, 0.3) is 0 Å². The Kier molecular flexibility index (Phi) is 3.42. The average molecular weight is 258 g/mol. The molecular weight excluding hydrogens is 232 g/mol. The maximum absolute atomic E-state index is 5.85. The molecule has 1 aromatic rings. The summed E-state index contributed by atoms with van der Waals surface area (Å²) in [5.41, 5.74) is 10.1. The zero-order chi connectivity index (χ0) is 13.3. The first-order valence-corrected chi connectivity index (χ1v) is 7.80. The van der Waals surface area contributed by atoms with Crippen LogP contribution in [0.2, 0.25) is 0 Å². The lowest BCUT2D eigenvalue weighted by Crippen LogP contribution is -2.41. The summed E-state index contributed by atoms with van der Waals surface area (Å²) in [6.07, 6.45) is 10.1. The fourth-order valence-electron chi connectivity index (χ4n) is 4.06. The number of aryl methyl sites for hydroxylation is 1. The molecule has 0 radical (unpaired) electrons. The van der Waals surface area contributed by atoms with E-state index in [0.717, 1.165) is 5.69 Å². The molecule has 1 spiro atoms. The first-order valence-electron chi connectivity index (χ1n) is 7.80. The van der Waals surface area contributed by atoms with E-state index in [1.54, 1.807) is 0 Å². The third-order valence-corrected chi connectivity index (χ3v) is 5.30. The van der Waals surface area contributed by atoms with Gasteiger partial charge in [0.05, 0.1) is 0 Å².